The van der Waals surface area contributed by atoms with Crippen LogP contribution in [-0.4, -0.2) is 23.6 Å². The molecule has 0 bridgehead atoms. The summed E-state index contributed by atoms with van der Waals surface area (Å²) in [7, 11) is 0. The first-order valence-electron chi connectivity index (χ1n) is 16.4. The predicted molar refractivity (Wildman–Crippen MR) is 195 cm³/mol. The lowest BCUT2D eigenvalue weighted by Gasteiger charge is -2.30. The second-order valence-electron chi connectivity index (χ2n) is 11.7. The molecule has 0 atom stereocenters. The number of aryl methyl sites for hydroxylation is 2. The van der Waals surface area contributed by atoms with E-state index in [0.29, 0.717) is 44.4 Å². The van der Waals surface area contributed by atoms with Crippen LogP contribution in [0.1, 0.15) is 80.3 Å². The highest BCUT2D eigenvalue weighted by atomic mass is 16.2. The van der Waals surface area contributed by atoms with Gasteiger partial charge >= 0.3 is 0 Å². The maximum Gasteiger partial charge on any atom is 0.265 e. The maximum absolute atomic E-state index is 13.9. The topological polar surface area (TPSA) is 74.8 Å². The number of imide groups is 2. The molecule has 0 N–H and O–H groups in total. The highest BCUT2D eigenvalue weighted by Gasteiger charge is 2.37. The fourth-order valence-electron chi connectivity index (χ4n) is 7.12. The number of hydrogen-bond donors (Lipinski definition) is 0. The Labute approximate surface area is 278 Å². The smallest absolute Gasteiger partial charge is 0.265 e. The van der Waals surface area contributed by atoms with E-state index in [1.165, 1.54) is 9.80 Å². The molecule has 6 heteroatoms. The minimum atomic E-state index is -0.363. The summed E-state index contributed by atoms with van der Waals surface area (Å²) in [5.74, 6) is -1.45. The number of amides is 4. The van der Waals surface area contributed by atoms with Crippen molar-refractivity contribution in [3.8, 4) is 0 Å². The second kappa shape index (κ2) is 11.4. The third-order valence-corrected chi connectivity index (χ3v) is 9.22. The minimum Gasteiger partial charge on any atom is -0.268 e. The van der Waals surface area contributed by atoms with Crippen LogP contribution < -0.4 is 9.80 Å². The summed E-state index contributed by atoms with van der Waals surface area (Å²) in [6.07, 6.45) is 0. The van der Waals surface area contributed by atoms with Crippen molar-refractivity contribution in [3.63, 3.8) is 0 Å². The summed E-state index contributed by atoms with van der Waals surface area (Å²) in [5, 5.41) is 6.38. The third kappa shape index (κ3) is 4.12. The first kappa shape index (κ1) is 30.8. The van der Waals surface area contributed by atoms with Gasteiger partial charge < -0.3 is 0 Å². The molecule has 0 radical (unpaired) electrons. The standard InChI is InChI=1S/C38H22N2O4.2C2H6/c1-19-3-7-21(8-4-19)39-35(41)27-15-11-23-25-13-17-29-34-30(38(44)40(37(29)43)22-9-5-20(2)6-10-22)18-14-26(32(25)34)24-12-16-28(36(39)42)33(27)31(23)24;2*1-2/h3-18H,1-2H3;2*1-2H3. The number of fused-ring (bicyclic) bond motifs is 2. The molecule has 0 saturated heterocycles. The third-order valence-electron chi connectivity index (χ3n) is 9.22. The van der Waals surface area contributed by atoms with Gasteiger partial charge in [0.25, 0.3) is 23.6 Å². The Balaban J connectivity index is 0.000000880. The molecule has 2 aliphatic heterocycles. The zero-order chi connectivity index (χ0) is 34.0. The average Bonchev–Trinajstić information content (AvgIpc) is 3.12. The zero-order valence-corrected chi connectivity index (χ0v) is 27.8. The van der Waals surface area contributed by atoms with Gasteiger partial charge in [-0.2, -0.15) is 0 Å². The number of rotatable bonds is 2. The molecule has 0 aliphatic carbocycles. The molecule has 0 saturated carbocycles. The maximum atomic E-state index is 13.9. The van der Waals surface area contributed by atoms with Crippen LogP contribution >= 0.6 is 0 Å². The Kier molecular flexibility index (Phi) is 7.32. The zero-order valence-electron chi connectivity index (χ0n) is 27.8. The quantitative estimate of drug-likeness (QED) is 0.108. The van der Waals surface area contributed by atoms with Crippen molar-refractivity contribution >= 4 is 78.1 Å². The van der Waals surface area contributed by atoms with E-state index >= 15 is 0 Å². The van der Waals surface area contributed by atoms with Crippen LogP contribution in [0.25, 0.3) is 43.1 Å². The van der Waals surface area contributed by atoms with Crippen molar-refractivity contribution in [2.75, 3.05) is 9.80 Å². The summed E-state index contributed by atoms with van der Waals surface area (Å²) in [4.78, 5) is 58.0. The van der Waals surface area contributed by atoms with Gasteiger partial charge in [-0.25, -0.2) is 9.80 Å². The van der Waals surface area contributed by atoms with E-state index in [4.69, 9.17) is 0 Å². The molecule has 0 unspecified atom stereocenters. The molecule has 2 aliphatic rings. The molecule has 4 amide bonds. The average molecular weight is 631 g/mol. The Morgan fingerprint density at radius 2 is 0.583 bits per heavy atom. The van der Waals surface area contributed by atoms with E-state index in [-0.39, 0.29) is 23.6 Å². The van der Waals surface area contributed by atoms with Crippen molar-refractivity contribution in [1.29, 1.82) is 0 Å². The summed E-state index contributed by atoms with van der Waals surface area (Å²) >= 11 is 0. The molecule has 0 aromatic heterocycles. The fraction of sp³-hybridized carbons (Fsp3) is 0.143. The van der Waals surface area contributed by atoms with E-state index in [9.17, 15) is 19.2 Å². The fourth-order valence-corrected chi connectivity index (χ4v) is 7.12. The summed E-state index contributed by atoms with van der Waals surface area (Å²) in [6.45, 7) is 11.9. The van der Waals surface area contributed by atoms with E-state index in [1.54, 1.807) is 48.5 Å². The molecular weight excluding hydrogens is 596 g/mol. The predicted octanol–water partition coefficient (Wildman–Crippen LogP) is 10.0. The monoisotopic (exact) mass is 630 g/mol. The van der Waals surface area contributed by atoms with Crippen molar-refractivity contribution < 1.29 is 19.2 Å². The van der Waals surface area contributed by atoms with Crippen LogP contribution in [0, 0.1) is 13.8 Å². The second-order valence-corrected chi connectivity index (χ2v) is 11.7. The molecule has 0 fully saturated rings. The first-order chi connectivity index (χ1) is 23.3. The number of carbonyl (C=O) groups is 4. The Hall–Kier alpha value is -5.88. The SMILES string of the molecule is CC.CC.Cc1ccc(N2C(=O)c3ccc4c5ccc6c7c(ccc(c8ccc(c3c48)C2=O)c75)C(=O)N(c2ccc(C)cc2)C6=O)cc1. The highest BCUT2D eigenvalue weighted by Crippen LogP contribution is 2.47. The lowest BCUT2D eigenvalue weighted by Crippen LogP contribution is -2.40. The van der Waals surface area contributed by atoms with Gasteiger partial charge in [0.15, 0.2) is 0 Å². The number of carbonyl (C=O) groups excluding carboxylic acids is 4. The normalized spacial score (nSPS) is 13.7. The number of anilines is 2. The lowest BCUT2D eigenvalue weighted by atomic mass is 9.82. The van der Waals surface area contributed by atoms with Crippen LogP contribution in [0.2, 0.25) is 0 Å². The van der Waals surface area contributed by atoms with Crippen LogP contribution in [-0.2, 0) is 0 Å². The van der Waals surface area contributed by atoms with Gasteiger partial charge in [-0.1, -0.05) is 87.4 Å². The van der Waals surface area contributed by atoms with Crippen molar-refractivity contribution in [1.82, 2.24) is 0 Å². The minimum absolute atomic E-state index is 0.363. The number of nitrogens with zero attached hydrogens (tertiary/aromatic N) is 2. The van der Waals surface area contributed by atoms with Crippen molar-refractivity contribution in [3.05, 3.63) is 130 Å². The summed E-state index contributed by atoms with van der Waals surface area (Å²) in [6, 6.07) is 29.5. The van der Waals surface area contributed by atoms with Crippen LogP contribution in [0.4, 0.5) is 11.4 Å². The molecule has 0 spiro atoms. The molecule has 2 heterocycles. The lowest BCUT2D eigenvalue weighted by molar-refractivity contribution is 0.0877. The molecule has 48 heavy (non-hydrogen) atoms. The van der Waals surface area contributed by atoms with Crippen LogP contribution in [0.5, 0.6) is 0 Å². The Morgan fingerprint density at radius 1 is 0.333 bits per heavy atom. The van der Waals surface area contributed by atoms with Crippen LogP contribution in [0.15, 0.2) is 97.1 Å². The van der Waals surface area contributed by atoms with E-state index in [2.05, 4.69) is 0 Å². The van der Waals surface area contributed by atoms with Gasteiger partial charge in [-0.3, -0.25) is 19.2 Å². The van der Waals surface area contributed by atoms with Gasteiger partial charge in [0.05, 0.1) is 11.4 Å². The summed E-state index contributed by atoms with van der Waals surface area (Å²) in [5.41, 5.74) is 5.00. The molecule has 6 nitrogen and oxygen atoms in total. The van der Waals surface area contributed by atoms with Gasteiger partial charge in [0, 0.05) is 33.0 Å². The van der Waals surface area contributed by atoms with Gasteiger partial charge in [-0.05, 0) is 94.7 Å². The van der Waals surface area contributed by atoms with Gasteiger partial charge in [0.1, 0.15) is 0 Å². The molecule has 7 aromatic carbocycles. The molecule has 236 valence electrons. The Morgan fingerprint density at radius 3 is 0.833 bits per heavy atom. The number of hydrogen-bond acceptors (Lipinski definition) is 4. The van der Waals surface area contributed by atoms with Crippen molar-refractivity contribution in [2.45, 2.75) is 41.5 Å². The van der Waals surface area contributed by atoms with Crippen molar-refractivity contribution in [2.24, 2.45) is 0 Å². The van der Waals surface area contributed by atoms with E-state index < -0.39 is 0 Å². The molecule has 7 aromatic rings. The largest absolute Gasteiger partial charge is 0.268 e. The van der Waals surface area contributed by atoms with Crippen LogP contribution in [0.3, 0.4) is 0 Å². The molecule has 9 rings (SSSR count). The number of benzene rings is 7. The van der Waals surface area contributed by atoms with E-state index in [1.807, 2.05) is 90.1 Å². The van der Waals surface area contributed by atoms with Gasteiger partial charge in [0.2, 0.25) is 0 Å². The highest BCUT2D eigenvalue weighted by molar-refractivity contribution is 6.45. The summed E-state index contributed by atoms with van der Waals surface area (Å²) < 4.78 is 0. The Bertz CT molecular complexity index is 2180. The molecular formula is C42H34N2O4. The first-order valence-corrected chi connectivity index (χ1v) is 16.4. The van der Waals surface area contributed by atoms with E-state index in [0.717, 1.165) is 43.4 Å². The van der Waals surface area contributed by atoms with Gasteiger partial charge in [-0.15, -0.1) is 0 Å².